The Morgan fingerprint density at radius 2 is 1.60 bits per heavy atom. The molecule has 8 heteroatoms. The second-order valence-corrected chi connectivity index (χ2v) is 7.13. The number of amides is 3. The van der Waals surface area contributed by atoms with Crippen LogP contribution in [0.2, 0.25) is 0 Å². The topological polar surface area (TPSA) is 85.5 Å². The predicted octanol–water partition coefficient (Wildman–Crippen LogP) is 1.91. The van der Waals surface area contributed by atoms with Crippen molar-refractivity contribution in [3.8, 4) is 0 Å². The molecule has 1 saturated heterocycles. The van der Waals surface area contributed by atoms with E-state index in [0.29, 0.717) is 24.3 Å². The van der Waals surface area contributed by atoms with Crippen LogP contribution in [-0.4, -0.2) is 58.7 Å². The molecule has 2 heterocycles. The molecule has 0 saturated carbocycles. The van der Waals surface area contributed by atoms with Gasteiger partial charge in [-0.1, -0.05) is 36.4 Å². The number of hydrogen-bond donors (Lipinski definition) is 2. The van der Waals surface area contributed by atoms with Gasteiger partial charge >= 0.3 is 11.8 Å². The number of rotatable bonds is 3. The number of piperazine rings is 1. The molecule has 0 unspecified atom stereocenters. The number of fused-ring (bicyclic) bond motifs is 1. The lowest BCUT2D eigenvalue weighted by Crippen LogP contribution is -2.53. The summed E-state index contributed by atoms with van der Waals surface area (Å²) >= 11 is 0. The number of halogens is 1. The van der Waals surface area contributed by atoms with Crippen molar-refractivity contribution in [3.63, 3.8) is 0 Å². The van der Waals surface area contributed by atoms with E-state index in [-0.39, 0.29) is 25.5 Å². The molecule has 0 radical (unpaired) electrons. The Labute approximate surface area is 172 Å². The third-order valence-electron chi connectivity index (χ3n) is 5.21. The lowest BCUT2D eigenvalue weighted by atomic mass is 10.2. The van der Waals surface area contributed by atoms with Crippen LogP contribution in [0.15, 0.2) is 54.6 Å². The first kappa shape index (κ1) is 19.6. The zero-order chi connectivity index (χ0) is 21.1. The van der Waals surface area contributed by atoms with Gasteiger partial charge in [-0.2, -0.15) is 0 Å². The van der Waals surface area contributed by atoms with E-state index in [2.05, 4.69) is 10.3 Å². The van der Waals surface area contributed by atoms with E-state index in [9.17, 15) is 18.8 Å². The van der Waals surface area contributed by atoms with Gasteiger partial charge in [-0.05, 0) is 18.2 Å². The molecule has 3 aromatic rings. The normalized spacial score (nSPS) is 14.0. The summed E-state index contributed by atoms with van der Waals surface area (Å²) in [6.45, 7) is 1.13. The number of H-pyrrole nitrogens is 1. The van der Waals surface area contributed by atoms with Crippen molar-refractivity contribution in [2.24, 2.45) is 0 Å². The summed E-state index contributed by atoms with van der Waals surface area (Å²) in [5.74, 6) is -2.03. The molecule has 0 atom stereocenters. The minimum absolute atomic E-state index is 0.0594. The lowest BCUT2D eigenvalue weighted by Gasteiger charge is -2.34. The standard InChI is InChI=1S/C22H21FN4O3/c23-17-7-3-1-6-16(17)14-24-20(28)22(30)27-11-9-26(10-12-27)21(29)19-13-15-5-2-4-8-18(15)25-19/h1-8,13,25H,9-12,14H2,(H,24,28). The van der Waals surface area contributed by atoms with Crippen LogP contribution < -0.4 is 5.32 Å². The fourth-order valence-corrected chi connectivity index (χ4v) is 3.51. The van der Waals surface area contributed by atoms with Gasteiger partial charge in [-0.25, -0.2) is 4.39 Å². The molecule has 2 aromatic carbocycles. The maximum absolute atomic E-state index is 13.6. The summed E-state index contributed by atoms with van der Waals surface area (Å²) < 4.78 is 13.6. The predicted molar refractivity (Wildman–Crippen MR) is 109 cm³/mol. The first-order valence-corrected chi connectivity index (χ1v) is 9.70. The quantitative estimate of drug-likeness (QED) is 0.650. The third kappa shape index (κ3) is 4.03. The molecule has 1 fully saturated rings. The number of carbonyl (C=O) groups is 3. The molecule has 154 valence electrons. The average Bonchev–Trinajstić information content (AvgIpc) is 3.22. The minimum Gasteiger partial charge on any atom is -0.351 e. The van der Waals surface area contributed by atoms with Crippen molar-refractivity contribution >= 4 is 28.6 Å². The fraction of sp³-hybridized carbons (Fsp3) is 0.227. The van der Waals surface area contributed by atoms with Crippen molar-refractivity contribution in [2.45, 2.75) is 6.54 Å². The summed E-state index contributed by atoms with van der Waals surface area (Å²) in [6.07, 6.45) is 0. The monoisotopic (exact) mass is 408 g/mol. The Balaban J connectivity index is 1.31. The largest absolute Gasteiger partial charge is 0.351 e. The maximum atomic E-state index is 13.6. The molecular formula is C22H21FN4O3. The first-order chi connectivity index (χ1) is 14.5. The molecule has 4 rings (SSSR count). The first-order valence-electron chi connectivity index (χ1n) is 9.70. The lowest BCUT2D eigenvalue weighted by molar-refractivity contribution is -0.146. The number of nitrogens with one attached hydrogen (secondary N) is 2. The molecule has 0 spiro atoms. The van der Waals surface area contributed by atoms with E-state index >= 15 is 0 Å². The zero-order valence-electron chi connectivity index (χ0n) is 16.2. The van der Waals surface area contributed by atoms with Gasteiger partial charge in [-0.3, -0.25) is 14.4 Å². The molecule has 30 heavy (non-hydrogen) atoms. The Morgan fingerprint density at radius 1 is 0.933 bits per heavy atom. The van der Waals surface area contributed by atoms with E-state index in [1.807, 2.05) is 30.3 Å². The van der Waals surface area contributed by atoms with E-state index in [1.165, 1.54) is 11.0 Å². The molecule has 2 N–H and O–H groups in total. The number of aromatic nitrogens is 1. The SMILES string of the molecule is O=C(NCc1ccccc1F)C(=O)N1CCN(C(=O)c2cc3ccccc3[nH]2)CC1. The third-order valence-corrected chi connectivity index (χ3v) is 5.21. The molecule has 0 bridgehead atoms. The Hall–Kier alpha value is -3.68. The van der Waals surface area contributed by atoms with E-state index in [0.717, 1.165) is 10.9 Å². The number of carbonyl (C=O) groups excluding carboxylic acids is 3. The van der Waals surface area contributed by atoms with Gasteiger partial charge < -0.3 is 20.1 Å². The molecule has 1 aliphatic heterocycles. The molecule has 0 aliphatic carbocycles. The summed E-state index contributed by atoms with van der Waals surface area (Å²) in [4.78, 5) is 43.5. The van der Waals surface area contributed by atoms with Crippen molar-refractivity contribution in [2.75, 3.05) is 26.2 Å². The van der Waals surface area contributed by atoms with Gasteiger partial charge in [-0.15, -0.1) is 0 Å². The van der Waals surface area contributed by atoms with E-state index in [4.69, 9.17) is 0 Å². The van der Waals surface area contributed by atoms with Crippen LogP contribution >= 0.6 is 0 Å². The fourth-order valence-electron chi connectivity index (χ4n) is 3.51. The Kier molecular flexibility index (Phi) is 5.47. The second kappa shape index (κ2) is 8.36. The summed E-state index contributed by atoms with van der Waals surface area (Å²) in [5.41, 5.74) is 1.70. The minimum atomic E-state index is -0.784. The van der Waals surface area contributed by atoms with Crippen LogP contribution in [0.1, 0.15) is 16.1 Å². The number of hydrogen-bond acceptors (Lipinski definition) is 3. The molecular weight excluding hydrogens is 387 g/mol. The number of benzene rings is 2. The summed E-state index contributed by atoms with van der Waals surface area (Å²) in [6, 6.07) is 15.5. The highest BCUT2D eigenvalue weighted by atomic mass is 19.1. The average molecular weight is 408 g/mol. The highest BCUT2D eigenvalue weighted by Gasteiger charge is 2.28. The Morgan fingerprint density at radius 3 is 2.33 bits per heavy atom. The van der Waals surface area contributed by atoms with Gasteiger partial charge in [0.05, 0.1) is 0 Å². The van der Waals surface area contributed by atoms with Gasteiger partial charge in [0.25, 0.3) is 5.91 Å². The van der Waals surface area contributed by atoms with Crippen molar-refractivity contribution < 1.29 is 18.8 Å². The number of aromatic amines is 1. The second-order valence-electron chi connectivity index (χ2n) is 7.13. The maximum Gasteiger partial charge on any atom is 0.312 e. The highest BCUT2D eigenvalue weighted by molar-refractivity contribution is 6.35. The van der Waals surface area contributed by atoms with E-state index in [1.54, 1.807) is 23.1 Å². The van der Waals surface area contributed by atoms with Crippen LogP contribution in [0.25, 0.3) is 10.9 Å². The molecule has 3 amide bonds. The molecule has 1 aliphatic rings. The van der Waals surface area contributed by atoms with Crippen LogP contribution in [0.3, 0.4) is 0 Å². The van der Waals surface area contributed by atoms with Gasteiger partial charge in [0.15, 0.2) is 0 Å². The molecule has 7 nitrogen and oxygen atoms in total. The highest BCUT2D eigenvalue weighted by Crippen LogP contribution is 2.17. The zero-order valence-corrected chi connectivity index (χ0v) is 16.2. The number of para-hydroxylation sites is 1. The summed E-state index contributed by atoms with van der Waals surface area (Å²) in [5, 5.41) is 3.42. The molecule has 1 aromatic heterocycles. The van der Waals surface area contributed by atoms with Gasteiger partial charge in [0.1, 0.15) is 11.5 Å². The van der Waals surface area contributed by atoms with E-state index < -0.39 is 17.6 Å². The van der Waals surface area contributed by atoms with Crippen LogP contribution in [0, 0.1) is 5.82 Å². The summed E-state index contributed by atoms with van der Waals surface area (Å²) in [7, 11) is 0. The van der Waals surface area contributed by atoms with Crippen LogP contribution in [0.4, 0.5) is 4.39 Å². The smallest absolute Gasteiger partial charge is 0.312 e. The van der Waals surface area contributed by atoms with Gasteiger partial charge in [0.2, 0.25) is 0 Å². The number of nitrogens with zero attached hydrogens (tertiary/aromatic N) is 2. The Bertz CT molecular complexity index is 1070. The van der Waals surface area contributed by atoms with Crippen molar-refractivity contribution in [1.82, 2.24) is 20.1 Å². The van der Waals surface area contributed by atoms with Crippen molar-refractivity contribution in [1.29, 1.82) is 0 Å². The van der Waals surface area contributed by atoms with Gasteiger partial charge in [0, 0.05) is 49.2 Å². The van der Waals surface area contributed by atoms with Crippen molar-refractivity contribution in [3.05, 3.63) is 71.7 Å². The van der Waals surface area contributed by atoms with Crippen LogP contribution in [-0.2, 0) is 16.1 Å². The van der Waals surface area contributed by atoms with Crippen LogP contribution in [0.5, 0.6) is 0 Å².